The summed E-state index contributed by atoms with van der Waals surface area (Å²) >= 11 is 1.38. The lowest BCUT2D eigenvalue weighted by molar-refractivity contribution is -0.115. The van der Waals surface area contributed by atoms with Gasteiger partial charge in [-0.05, 0) is 72.9 Å². The van der Waals surface area contributed by atoms with Crippen molar-refractivity contribution in [1.82, 2.24) is 4.98 Å². The molecule has 1 amide bonds. The van der Waals surface area contributed by atoms with Crippen molar-refractivity contribution in [1.29, 1.82) is 5.26 Å². The van der Waals surface area contributed by atoms with E-state index in [1.165, 1.54) is 28.5 Å². The van der Waals surface area contributed by atoms with Crippen LogP contribution in [0, 0.1) is 17.2 Å². The van der Waals surface area contributed by atoms with Crippen LogP contribution in [-0.2, 0) is 30.5 Å². The normalized spacial score (nSPS) is 16.9. The third-order valence-corrected chi connectivity index (χ3v) is 7.41. The van der Waals surface area contributed by atoms with Gasteiger partial charge in [0.25, 0.3) is 0 Å². The van der Waals surface area contributed by atoms with E-state index in [9.17, 15) is 10.1 Å². The largest absolute Gasteiger partial charge is 0.280 e. The molecule has 32 heavy (non-hydrogen) atoms. The van der Waals surface area contributed by atoms with E-state index in [0.29, 0.717) is 16.5 Å². The monoisotopic (exact) mass is 439 g/mol. The van der Waals surface area contributed by atoms with E-state index in [-0.39, 0.29) is 11.7 Å². The average Bonchev–Trinajstić information content (AvgIpc) is 2.99. The van der Waals surface area contributed by atoms with Crippen molar-refractivity contribution < 1.29 is 4.79 Å². The molecule has 0 spiro atoms. The number of pyridine rings is 1. The fourth-order valence-electron chi connectivity index (χ4n) is 4.76. The van der Waals surface area contributed by atoms with E-state index in [1.54, 1.807) is 0 Å². The Morgan fingerprint density at radius 2 is 1.72 bits per heavy atom. The highest BCUT2D eigenvalue weighted by molar-refractivity contribution is 8.00. The predicted molar refractivity (Wildman–Crippen MR) is 128 cm³/mol. The molecule has 1 aliphatic carbocycles. The number of hydrogen-bond acceptors (Lipinski definition) is 4. The molecular weight excluding hydrogens is 414 g/mol. The van der Waals surface area contributed by atoms with Crippen LogP contribution in [0.25, 0.3) is 0 Å². The van der Waals surface area contributed by atoms with Gasteiger partial charge < -0.3 is 0 Å². The van der Waals surface area contributed by atoms with Crippen molar-refractivity contribution in [2.45, 2.75) is 44.1 Å². The number of amides is 1. The number of fused-ring (bicyclic) bond motifs is 3. The molecule has 160 valence electrons. The lowest BCUT2D eigenvalue weighted by atomic mass is 9.87. The van der Waals surface area contributed by atoms with Crippen LogP contribution in [0.4, 0.5) is 11.4 Å². The Balaban J connectivity index is 1.45. The molecule has 1 aromatic heterocycles. The van der Waals surface area contributed by atoms with E-state index in [4.69, 9.17) is 4.98 Å². The number of para-hydroxylation sites is 2. The van der Waals surface area contributed by atoms with Gasteiger partial charge in [0, 0.05) is 5.69 Å². The number of rotatable bonds is 3. The molecule has 0 N–H and O–H groups in total. The van der Waals surface area contributed by atoms with Crippen molar-refractivity contribution in [2.24, 2.45) is 5.92 Å². The van der Waals surface area contributed by atoms with Crippen LogP contribution in [0.1, 0.15) is 41.3 Å². The first kappa shape index (κ1) is 20.8. The summed E-state index contributed by atoms with van der Waals surface area (Å²) in [5.74, 6) is 0.868. The van der Waals surface area contributed by atoms with E-state index in [0.717, 1.165) is 49.2 Å². The van der Waals surface area contributed by atoms with Crippen molar-refractivity contribution in [3.05, 3.63) is 82.5 Å². The zero-order chi connectivity index (χ0) is 22.1. The fraction of sp³-hybridized carbons (Fsp3) is 0.296. The molecule has 2 heterocycles. The highest BCUT2D eigenvalue weighted by Crippen LogP contribution is 2.37. The minimum Gasteiger partial charge on any atom is -0.280 e. The number of aryl methyl sites for hydroxylation is 3. The molecule has 0 saturated carbocycles. The zero-order valence-corrected chi connectivity index (χ0v) is 19.0. The summed E-state index contributed by atoms with van der Waals surface area (Å²) in [6.07, 6.45) is 4.86. The van der Waals surface area contributed by atoms with Crippen LogP contribution < -0.4 is 4.90 Å². The fourth-order valence-corrected chi connectivity index (χ4v) is 5.59. The van der Waals surface area contributed by atoms with Gasteiger partial charge in [0.05, 0.1) is 22.7 Å². The van der Waals surface area contributed by atoms with Gasteiger partial charge in [-0.25, -0.2) is 4.98 Å². The van der Waals surface area contributed by atoms with Gasteiger partial charge in [0.2, 0.25) is 5.91 Å². The van der Waals surface area contributed by atoms with E-state index < -0.39 is 0 Å². The third kappa shape index (κ3) is 3.91. The van der Waals surface area contributed by atoms with Crippen molar-refractivity contribution >= 4 is 29.0 Å². The van der Waals surface area contributed by atoms with Gasteiger partial charge in [-0.1, -0.05) is 55.1 Å². The number of nitrogens with zero attached hydrogens (tertiary/aromatic N) is 3. The maximum atomic E-state index is 13.6. The summed E-state index contributed by atoms with van der Waals surface area (Å²) in [5.41, 5.74) is 7.12. The maximum Gasteiger partial charge on any atom is 0.241 e. The second-order valence-corrected chi connectivity index (χ2v) is 9.65. The van der Waals surface area contributed by atoms with Crippen molar-refractivity contribution in [3.63, 3.8) is 0 Å². The van der Waals surface area contributed by atoms with E-state index in [1.807, 2.05) is 47.4 Å². The highest BCUT2D eigenvalue weighted by atomic mass is 32.2. The summed E-state index contributed by atoms with van der Waals surface area (Å²) in [7, 11) is 0. The summed E-state index contributed by atoms with van der Waals surface area (Å²) < 4.78 is 0. The Morgan fingerprint density at radius 1 is 1.06 bits per heavy atom. The number of carbonyl (C=O) groups is 1. The molecule has 4 nitrogen and oxygen atoms in total. The minimum absolute atomic E-state index is 0.00818. The maximum absolute atomic E-state index is 13.6. The quantitative estimate of drug-likeness (QED) is 0.496. The second-order valence-electron chi connectivity index (χ2n) is 8.68. The van der Waals surface area contributed by atoms with Gasteiger partial charge in [0.1, 0.15) is 11.1 Å². The van der Waals surface area contributed by atoms with Gasteiger partial charge in [0.15, 0.2) is 0 Å². The SMILES string of the molecule is CC1CCc2nc(SCC(=O)N3c4ccccc4CCc4ccccc43)c(C#N)cc2C1. The summed E-state index contributed by atoms with van der Waals surface area (Å²) in [4.78, 5) is 20.2. The molecule has 2 aliphatic rings. The summed E-state index contributed by atoms with van der Waals surface area (Å²) in [6.45, 7) is 2.24. The van der Waals surface area contributed by atoms with Gasteiger partial charge in [-0.2, -0.15) is 5.26 Å². The van der Waals surface area contributed by atoms with Crippen LogP contribution in [0.2, 0.25) is 0 Å². The number of nitriles is 1. The Bertz CT molecular complexity index is 1180. The second kappa shape index (κ2) is 8.80. The Labute approximate surface area is 193 Å². The lowest BCUT2D eigenvalue weighted by Gasteiger charge is -2.25. The average molecular weight is 440 g/mol. The standard InChI is InChI=1S/C27H25N3OS/c1-18-10-13-23-21(14-18)15-22(16-28)27(29-23)32-17-26(31)30-24-8-4-2-6-19(24)11-12-20-7-3-5-9-25(20)30/h2-9,15,18H,10-14,17H2,1H3. The first-order valence-electron chi connectivity index (χ1n) is 11.2. The molecule has 1 aliphatic heterocycles. The zero-order valence-electron chi connectivity index (χ0n) is 18.2. The van der Waals surface area contributed by atoms with Crippen molar-refractivity contribution in [2.75, 3.05) is 10.7 Å². The molecule has 5 rings (SSSR count). The molecule has 1 atom stereocenters. The number of carbonyl (C=O) groups excluding carboxylic acids is 1. The van der Waals surface area contributed by atoms with Crippen LogP contribution in [0.5, 0.6) is 0 Å². The molecule has 0 saturated heterocycles. The van der Waals surface area contributed by atoms with E-state index in [2.05, 4.69) is 25.1 Å². The van der Waals surface area contributed by atoms with Crippen LogP contribution in [0.15, 0.2) is 59.6 Å². The van der Waals surface area contributed by atoms with E-state index >= 15 is 0 Å². The number of hydrogen-bond donors (Lipinski definition) is 0. The molecular formula is C27H25N3OS. The first-order chi connectivity index (χ1) is 15.6. The summed E-state index contributed by atoms with van der Waals surface area (Å²) in [5, 5.41) is 10.4. The third-order valence-electron chi connectivity index (χ3n) is 6.43. The van der Waals surface area contributed by atoms with Crippen LogP contribution in [0.3, 0.4) is 0 Å². The van der Waals surface area contributed by atoms with Crippen LogP contribution in [-0.4, -0.2) is 16.6 Å². The van der Waals surface area contributed by atoms with Crippen molar-refractivity contribution in [3.8, 4) is 6.07 Å². The molecule has 0 fully saturated rings. The molecule has 2 aromatic carbocycles. The molecule has 1 unspecified atom stereocenters. The number of benzene rings is 2. The Hall–Kier alpha value is -3.10. The highest BCUT2D eigenvalue weighted by Gasteiger charge is 2.26. The minimum atomic E-state index is 0.00818. The predicted octanol–water partition coefficient (Wildman–Crippen LogP) is 5.63. The van der Waals surface area contributed by atoms with Gasteiger partial charge in [-0.15, -0.1) is 0 Å². The van der Waals surface area contributed by atoms with Gasteiger partial charge >= 0.3 is 0 Å². The topological polar surface area (TPSA) is 57.0 Å². The summed E-state index contributed by atoms with van der Waals surface area (Å²) in [6, 6.07) is 20.6. The van der Waals surface area contributed by atoms with Gasteiger partial charge in [-0.3, -0.25) is 9.69 Å². The number of anilines is 2. The smallest absolute Gasteiger partial charge is 0.241 e. The lowest BCUT2D eigenvalue weighted by Crippen LogP contribution is -2.28. The number of aromatic nitrogens is 1. The Kier molecular flexibility index (Phi) is 5.71. The molecule has 0 bridgehead atoms. The molecule has 3 aromatic rings. The van der Waals surface area contributed by atoms with Crippen LogP contribution >= 0.6 is 11.8 Å². The Morgan fingerprint density at radius 3 is 2.38 bits per heavy atom. The number of thioether (sulfide) groups is 1. The first-order valence-corrected chi connectivity index (χ1v) is 12.2. The molecule has 5 heteroatoms. The molecule has 0 radical (unpaired) electrons.